The number of nitrogens with zero attached hydrogens (tertiary/aromatic N) is 2. The van der Waals surface area contributed by atoms with Crippen LogP contribution in [0.1, 0.15) is 44.9 Å². The minimum absolute atomic E-state index is 0.365. The molecule has 0 aliphatic rings. The van der Waals surface area contributed by atoms with Gasteiger partial charge < -0.3 is 0 Å². The van der Waals surface area contributed by atoms with E-state index in [1.807, 2.05) is 4.68 Å². The maximum absolute atomic E-state index is 6.23. The average Bonchev–Trinajstić information content (AvgIpc) is 2.43. The second kappa shape index (κ2) is 5.22. The van der Waals surface area contributed by atoms with Crippen LogP contribution in [0.25, 0.3) is 0 Å². The van der Waals surface area contributed by atoms with Gasteiger partial charge in [0.05, 0.1) is 11.6 Å². The van der Waals surface area contributed by atoms with Gasteiger partial charge in [0, 0.05) is 12.1 Å². The Morgan fingerprint density at radius 2 is 1.87 bits per heavy atom. The highest BCUT2D eigenvalue weighted by Gasteiger charge is 2.17. The van der Waals surface area contributed by atoms with Crippen molar-refractivity contribution in [1.29, 1.82) is 0 Å². The van der Waals surface area contributed by atoms with Gasteiger partial charge in [0.2, 0.25) is 0 Å². The zero-order chi connectivity index (χ0) is 11.6. The van der Waals surface area contributed by atoms with E-state index >= 15 is 0 Å². The molecule has 0 aromatic carbocycles. The van der Waals surface area contributed by atoms with E-state index in [2.05, 4.69) is 32.8 Å². The highest BCUT2D eigenvalue weighted by Crippen LogP contribution is 2.27. The van der Waals surface area contributed by atoms with Crippen LogP contribution >= 0.6 is 23.2 Å². The summed E-state index contributed by atoms with van der Waals surface area (Å²) in [5.74, 6) is 1.33. The van der Waals surface area contributed by atoms with Crippen LogP contribution < -0.4 is 0 Å². The van der Waals surface area contributed by atoms with Crippen LogP contribution in [0.5, 0.6) is 0 Å². The molecule has 2 nitrogen and oxygen atoms in total. The Morgan fingerprint density at radius 1 is 1.27 bits per heavy atom. The van der Waals surface area contributed by atoms with Gasteiger partial charge in [-0.1, -0.05) is 39.3 Å². The Bertz CT molecular complexity index is 330. The predicted octanol–water partition coefficient (Wildman–Crippen LogP) is 4.05. The molecule has 1 aromatic rings. The number of aromatic nitrogens is 2. The first kappa shape index (κ1) is 12.9. The molecule has 0 N–H and O–H groups in total. The third-order valence-corrected chi connectivity index (χ3v) is 2.92. The third kappa shape index (κ3) is 2.88. The van der Waals surface area contributed by atoms with Crippen LogP contribution in [0, 0.1) is 5.92 Å². The van der Waals surface area contributed by atoms with Gasteiger partial charge in [-0.3, -0.25) is 4.68 Å². The van der Waals surface area contributed by atoms with Crippen molar-refractivity contribution in [1.82, 2.24) is 9.78 Å². The fraction of sp³-hybridized carbons (Fsp3) is 0.727. The molecule has 0 spiro atoms. The fourth-order valence-corrected chi connectivity index (χ4v) is 2.15. The van der Waals surface area contributed by atoms with Crippen LogP contribution in [0.15, 0.2) is 0 Å². The molecule has 0 unspecified atom stereocenters. The second-order valence-electron chi connectivity index (χ2n) is 4.52. The smallest absolute Gasteiger partial charge is 0.131 e. The standard InChI is InChI=1S/C11H18Cl2N2/c1-7(2)6-15-11(13)9(5-12)10(14-15)8(3)4/h7-8H,5-6H2,1-4H3. The van der Waals surface area contributed by atoms with Crippen LogP contribution in [-0.2, 0) is 12.4 Å². The van der Waals surface area contributed by atoms with E-state index in [-0.39, 0.29) is 0 Å². The summed E-state index contributed by atoms with van der Waals surface area (Å²) in [7, 11) is 0. The first-order valence-corrected chi connectivity index (χ1v) is 6.19. The number of hydrogen-bond acceptors (Lipinski definition) is 1. The molecule has 0 fully saturated rings. The van der Waals surface area contributed by atoms with Gasteiger partial charge in [-0.05, 0) is 11.8 Å². The van der Waals surface area contributed by atoms with Crippen molar-refractivity contribution in [2.75, 3.05) is 0 Å². The zero-order valence-corrected chi connectivity index (χ0v) is 11.2. The minimum atomic E-state index is 0.365. The van der Waals surface area contributed by atoms with E-state index in [9.17, 15) is 0 Å². The molecule has 0 atom stereocenters. The zero-order valence-electron chi connectivity index (χ0n) is 9.72. The summed E-state index contributed by atoms with van der Waals surface area (Å²) in [6.07, 6.45) is 0. The van der Waals surface area contributed by atoms with E-state index in [1.165, 1.54) is 0 Å². The molecule has 1 aromatic heterocycles. The summed E-state index contributed by atoms with van der Waals surface area (Å²) in [5.41, 5.74) is 2.00. The third-order valence-electron chi connectivity index (χ3n) is 2.23. The molecule has 1 rings (SSSR count). The molecule has 0 saturated carbocycles. The molecule has 1 heterocycles. The highest BCUT2D eigenvalue weighted by atomic mass is 35.5. The second-order valence-corrected chi connectivity index (χ2v) is 5.14. The molecule has 0 bridgehead atoms. The molecule has 0 amide bonds. The van der Waals surface area contributed by atoms with Gasteiger partial charge in [0.25, 0.3) is 0 Å². The van der Waals surface area contributed by atoms with E-state index in [0.29, 0.717) is 22.9 Å². The molecule has 0 radical (unpaired) electrons. The van der Waals surface area contributed by atoms with Crippen molar-refractivity contribution in [2.45, 2.75) is 46.0 Å². The largest absolute Gasteiger partial charge is 0.253 e. The normalized spacial score (nSPS) is 11.7. The van der Waals surface area contributed by atoms with Gasteiger partial charge in [-0.2, -0.15) is 5.10 Å². The quantitative estimate of drug-likeness (QED) is 0.736. The molecule has 86 valence electrons. The monoisotopic (exact) mass is 248 g/mol. The van der Waals surface area contributed by atoms with Gasteiger partial charge in [0.1, 0.15) is 5.15 Å². The van der Waals surface area contributed by atoms with E-state index in [4.69, 9.17) is 23.2 Å². The van der Waals surface area contributed by atoms with Crippen LogP contribution in [0.3, 0.4) is 0 Å². The molecule has 0 aliphatic carbocycles. The lowest BCUT2D eigenvalue weighted by Crippen LogP contribution is -2.06. The molecular formula is C11H18Cl2N2. The Labute approximate surface area is 102 Å². The topological polar surface area (TPSA) is 17.8 Å². The SMILES string of the molecule is CC(C)Cn1nc(C(C)C)c(CCl)c1Cl. The molecule has 0 saturated heterocycles. The van der Waals surface area contributed by atoms with E-state index in [1.54, 1.807) is 0 Å². The Kier molecular flexibility index (Phi) is 4.47. The van der Waals surface area contributed by atoms with Gasteiger partial charge >= 0.3 is 0 Å². The molecule has 15 heavy (non-hydrogen) atoms. The van der Waals surface area contributed by atoms with E-state index in [0.717, 1.165) is 17.8 Å². The maximum Gasteiger partial charge on any atom is 0.131 e. The van der Waals surface area contributed by atoms with Gasteiger partial charge in [0.15, 0.2) is 0 Å². The van der Waals surface area contributed by atoms with Gasteiger partial charge in [-0.15, -0.1) is 11.6 Å². The molecule has 4 heteroatoms. The summed E-state index contributed by atoms with van der Waals surface area (Å²) in [5, 5.41) is 5.22. The average molecular weight is 249 g/mol. The summed E-state index contributed by atoms with van der Waals surface area (Å²) >= 11 is 12.1. The highest BCUT2D eigenvalue weighted by molar-refractivity contribution is 6.31. The summed E-state index contributed by atoms with van der Waals surface area (Å²) in [6.45, 7) is 9.35. The number of hydrogen-bond donors (Lipinski definition) is 0. The lowest BCUT2D eigenvalue weighted by molar-refractivity contribution is 0.478. The molecule has 0 aliphatic heterocycles. The number of alkyl halides is 1. The predicted molar refractivity (Wildman–Crippen MR) is 65.7 cm³/mol. The van der Waals surface area contributed by atoms with Crippen molar-refractivity contribution in [3.05, 3.63) is 16.4 Å². The minimum Gasteiger partial charge on any atom is -0.253 e. The van der Waals surface area contributed by atoms with Crippen LogP contribution in [-0.4, -0.2) is 9.78 Å². The van der Waals surface area contributed by atoms with Crippen LogP contribution in [0.2, 0.25) is 5.15 Å². The Balaban J connectivity index is 3.09. The van der Waals surface area contributed by atoms with E-state index < -0.39 is 0 Å². The lowest BCUT2D eigenvalue weighted by Gasteiger charge is -2.05. The first-order chi connectivity index (χ1) is 6.97. The van der Waals surface area contributed by atoms with Crippen LogP contribution in [0.4, 0.5) is 0 Å². The van der Waals surface area contributed by atoms with Gasteiger partial charge in [-0.25, -0.2) is 0 Å². The Morgan fingerprint density at radius 3 is 2.20 bits per heavy atom. The number of halogens is 2. The van der Waals surface area contributed by atoms with Crippen molar-refractivity contribution in [3.63, 3.8) is 0 Å². The summed E-state index contributed by atoms with van der Waals surface area (Å²) in [6, 6.07) is 0. The molecular weight excluding hydrogens is 231 g/mol. The fourth-order valence-electron chi connectivity index (χ4n) is 1.55. The van der Waals surface area contributed by atoms with Crippen molar-refractivity contribution < 1.29 is 0 Å². The van der Waals surface area contributed by atoms with Crippen molar-refractivity contribution in [2.24, 2.45) is 5.92 Å². The van der Waals surface area contributed by atoms with Crippen molar-refractivity contribution >= 4 is 23.2 Å². The van der Waals surface area contributed by atoms with Crippen molar-refractivity contribution in [3.8, 4) is 0 Å². The summed E-state index contributed by atoms with van der Waals surface area (Å²) in [4.78, 5) is 0. The Hall–Kier alpha value is -0.210. The lowest BCUT2D eigenvalue weighted by atomic mass is 10.1. The first-order valence-electron chi connectivity index (χ1n) is 5.28. The maximum atomic E-state index is 6.23. The number of rotatable bonds is 4. The summed E-state index contributed by atoms with van der Waals surface area (Å²) < 4.78 is 1.86.